The smallest absolute Gasteiger partial charge is 0.382 e. The van der Waals surface area contributed by atoms with Gasteiger partial charge in [-0.25, -0.2) is 14.6 Å². The summed E-state index contributed by atoms with van der Waals surface area (Å²) in [6, 6.07) is 9.65. The number of morpholine rings is 1. The van der Waals surface area contributed by atoms with Gasteiger partial charge in [-0.15, -0.1) is 0 Å². The number of aromatic nitrogens is 4. The number of carbonyl (C=O) groups is 2. The third-order valence-electron chi connectivity index (χ3n) is 7.37. The summed E-state index contributed by atoms with van der Waals surface area (Å²) in [6.07, 6.45) is -2.52. The monoisotopic (exact) mass is 581 g/mol. The van der Waals surface area contributed by atoms with Crippen molar-refractivity contribution in [3.05, 3.63) is 71.7 Å². The number of ether oxygens (including phenoxy) is 2. The highest BCUT2D eigenvalue weighted by atomic mass is 19.4. The fourth-order valence-corrected chi connectivity index (χ4v) is 5.07. The van der Waals surface area contributed by atoms with Crippen molar-refractivity contribution in [2.24, 2.45) is 5.41 Å². The number of carbonyl (C=O) groups excluding carboxylic acids is 2. The van der Waals surface area contributed by atoms with Crippen LogP contribution < -0.4 is 11.1 Å². The van der Waals surface area contributed by atoms with Crippen molar-refractivity contribution in [1.82, 2.24) is 24.6 Å². The highest BCUT2D eigenvalue weighted by molar-refractivity contribution is 6.04. The number of nitrogens with two attached hydrogens (primary N) is 1. The van der Waals surface area contributed by atoms with Gasteiger partial charge in [0.25, 0.3) is 5.91 Å². The number of fused-ring (bicyclic) bond motifs is 1. The molecule has 4 aromatic rings. The molecule has 1 aromatic carbocycles. The largest absolute Gasteiger partial charge is 0.416 e. The van der Waals surface area contributed by atoms with E-state index in [9.17, 15) is 22.8 Å². The number of halogens is 3. The van der Waals surface area contributed by atoms with Crippen molar-refractivity contribution in [2.75, 3.05) is 44.0 Å². The van der Waals surface area contributed by atoms with Crippen LogP contribution in [0.5, 0.6) is 0 Å². The molecule has 2 fully saturated rings. The molecule has 5 heterocycles. The van der Waals surface area contributed by atoms with Crippen molar-refractivity contribution in [3.8, 4) is 5.69 Å². The first kappa shape index (κ1) is 27.6. The standard InChI is InChI=1S/C28H26F3N7O4/c1-27(14-41-15-27)26(40)37-10-11-42-20(13-37)22-19-7-9-34-24(32)23(19)38(36-22)18-4-2-16(3-5-18)25(39)35-21-12-17(6-8-33-21)28(29,30)31/h2-9,12,20H,10-11,13-15H2,1H3,(H2,32,34)(H,33,35,39). The summed E-state index contributed by atoms with van der Waals surface area (Å²) < 4.78 is 52.0. The highest BCUT2D eigenvalue weighted by Gasteiger charge is 2.45. The first-order valence-corrected chi connectivity index (χ1v) is 13.1. The Kier molecular flexibility index (Phi) is 6.81. The predicted molar refractivity (Wildman–Crippen MR) is 145 cm³/mol. The lowest BCUT2D eigenvalue weighted by Gasteiger charge is -2.42. The summed E-state index contributed by atoms with van der Waals surface area (Å²) >= 11 is 0. The molecule has 0 spiro atoms. The number of anilines is 2. The van der Waals surface area contributed by atoms with E-state index in [-0.39, 0.29) is 23.1 Å². The second kappa shape index (κ2) is 10.4. The molecule has 0 bridgehead atoms. The predicted octanol–water partition coefficient (Wildman–Crippen LogP) is 3.61. The Hall–Kier alpha value is -4.56. The molecule has 6 rings (SSSR count). The fraction of sp³-hybridized carbons (Fsp3) is 0.321. The van der Waals surface area contributed by atoms with Gasteiger partial charge in [0.15, 0.2) is 0 Å². The third kappa shape index (κ3) is 5.03. The van der Waals surface area contributed by atoms with Crippen LogP contribution in [0.4, 0.5) is 24.8 Å². The molecule has 2 aliphatic heterocycles. The van der Waals surface area contributed by atoms with Crippen molar-refractivity contribution in [3.63, 3.8) is 0 Å². The average Bonchev–Trinajstić information content (AvgIpc) is 3.36. The number of pyridine rings is 2. The molecule has 1 atom stereocenters. The number of rotatable bonds is 5. The van der Waals surface area contributed by atoms with E-state index in [2.05, 4.69) is 15.3 Å². The van der Waals surface area contributed by atoms with Crippen LogP contribution in [0.25, 0.3) is 16.6 Å². The topological polar surface area (TPSA) is 137 Å². The van der Waals surface area contributed by atoms with E-state index in [1.807, 2.05) is 6.92 Å². The van der Waals surface area contributed by atoms with E-state index < -0.39 is 29.2 Å². The van der Waals surface area contributed by atoms with Crippen LogP contribution in [0.3, 0.4) is 0 Å². The zero-order valence-electron chi connectivity index (χ0n) is 22.4. The molecule has 11 nitrogen and oxygen atoms in total. The Bertz CT molecular complexity index is 1670. The number of alkyl halides is 3. The minimum Gasteiger partial charge on any atom is -0.382 e. The van der Waals surface area contributed by atoms with Crippen LogP contribution in [0.1, 0.15) is 34.6 Å². The quantitative estimate of drug-likeness (QED) is 0.365. The normalized spacial score (nSPS) is 18.5. The van der Waals surface area contributed by atoms with Crippen molar-refractivity contribution < 1.29 is 32.2 Å². The maximum Gasteiger partial charge on any atom is 0.416 e. The van der Waals surface area contributed by atoms with Crippen molar-refractivity contribution >= 4 is 34.4 Å². The van der Waals surface area contributed by atoms with Crippen LogP contribution in [-0.4, -0.2) is 69.4 Å². The number of nitrogens with one attached hydrogen (secondary N) is 1. The molecular weight excluding hydrogens is 555 g/mol. The Balaban J connectivity index is 1.26. The number of nitrogens with zero attached hydrogens (tertiary/aromatic N) is 5. The van der Waals surface area contributed by atoms with Gasteiger partial charge in [0.1, 0.15) is 29.0 Å². The zero-order valence-corrected chi connectivity index (χ0v) is 22.4. The first-order chi connectivity index (χ1) is 20.0. The first-order valence-electron chi connectivity index (χ1n) is 13.1. The van der Waals surface area contributed by atoms with Gasteiger partial charge in [-0.2, -0.15) is 18.3 Å². The molecular formula is C28H26F3N7O4. The lowest BCUT2D eigenvalue weighted by Crippen LogP contribution is -2.56. The second-order valence-corrected chi connectivity index (χ2v) is 10.5. The van der Waals surface area contributed by atoms with Gasteiger partial charge >= 0.3 is 6.18 Å². The van der Waals surface area contributed by atoms with Crippen LogP contribution in [0.15, 0.2) is 54.9 Å². The molecule has 2 aliphatic rings. The number of nitrogen functional groups attached to an aromatic ring is 1. The molecule has 14 heteroatoms. The maximum absolute atomic E-state index is 13.1. The summed E-state index contributed by atoms with van der Waals surface area (Å²) in [5, 5.41) is 7.90. The molecule has 3 aromatic heterocycles. The summed E-state index contributed by atoms with van der Waals surface area (Å²) in [6.45, 7) is 3.78. The van der Waals surface area contributed by atoms with E-state index in [1.165, 1.54) is 12.1 Å². The van der Waals surface area contributed by atoms with Crippen molar-refractivity contribution in [1.29, 1.82) is 0 Å². The lowest BCUT2D eigenvalue weighted by molar-refractivity contribution is -0.175. The molecule has 0 radical (unpaired) electrons. The molecule has 1 unspecified atom stereocenters. The van der Waals surface area contributed by atoms with E-state index in [4.69, 9.17) is 20.3 Å². The highest BCUT2D eigenvalue weighted by Crippen LogP contribution is 2.35. The Morgan fingerprint density at radius 1 is 1.10 bits per heavy atom. The SMILES string of the molecule is CC1(C(=O)N2CCOC(c3nn(-c4ccc(C(=O)Nc5cc(C(F)(F)F)ccn5)cc4)c4c(N)nccc34)C2)COC1. The Morgan fingerprint density at radius 3 is 2.52 bits per heavy atom. The summed E-state index contributed by atoms with van der Waals surface area (Å²) in [7, 11) is 0. The molecule has 2 saturated heterocycles. The van der Waals surface area contributed by atoms with E-state index in [0.29, 0.717) is 55.2 Å². The lowest BCUT2D eigenvalue weighted by atomic mass is 9.86. The molecule has 0 aliphatic carbocycles. The second-order valence-electron chi connectivity index (χ2n) is 10.5. The average molecular weight is 582 g/mol. The number of hydrogen-bond acceptors (Lipinski definition) is 8. The Morgan fingerprint density at radius 2 is 1.83 bits per heavy atom. The van der Waals surface area contributed by atoms with Gasteiger partial charge in [-0.1, -0.05) is 0 Å². The molecule has 42 heavy (non-hydrogen) atoms. The number of benzene rings is 1. The van der Waals surface area contributed by atoms with Gasteiger partial charge in [0.2, 0.25) is 5.91 Å². The van der Waals surface area contributed by atoms with E-state index in [1.54, 1.807) is 34.0 Å². The van der Waals surface area contributed by atoms with Gasteiger partial charge in [-0.3, -0.25) is 9.59 Å². The number of amides is 2. The molecule has 2 amide bonds. The number of hydrogen-bond donors (Lipinski definition) is 2. The van der Waals surface area contributed by atoms with E-state index in [0.717, 1.165) is 18.3 Å². The van der Waals surface area contributed by atoms with Crippen LogP contribution in [-0.2, 0) is 20.4 Å². The van der Waals surface area contributed by atoms with Crippen molar-refractivity contribution in [2.45, 2.75) is 19.2 Å². The van der Waals surface area contributed by atoms with Gasteiger partial charge in [0, 0.05) is 29.9 Å². The molecule has 0 saturated carbocycles. The van der Waals surface area contributed by atoms with Crippen LogP contribution in [0.2, 0.25) is 0 Å². The van der Waals surface area contributed by atoms with Gasteiger partial charge in [0.05, 0.1) is 43.0 Å². The van der Waals surface area contributed by atoms with E-state index >= 15 is 0 Å². The van der Waals surface area contributed by atoms with Crippen LogP contribution in [0, 0.1) is 5.41 Å². The molecule has 218 valence electrons. The minimum atomic E-state index is -4.56. The molecule has 3 N–H and O–H groups in total. The maximum atomic E-state index is 13.1. The third-order valence-corrected chi connectivity index (χ3v) is 7.37. The zero-order chi connectivity index (χ0) is 29.6. The fourth-order valence-electron chi connectivity index (χ4n) is 5.07. The Labute approximate surface area is 237 Å². The minimum absolute atomic E-state index is 0.0150. The van der Waals surface area contributed by atoms with Gasteiger partial charge < -0.3 is 25.4 Å². The van der Waals surface area contributed by atoms with Crippen LogP contribution >= 0.6 is 0 Å². The summed E-state index contributed by atoms with van der Waals surface area (Å²) in [5.41, 5.74) is 6.67. The summed E-state index contributed by atoms with van der Waals surface area (Å²) in [4.78, 5) is 35.7. The summed E-state index contributed by atoms with van der Waals surface area (Å²) in [5.74, 6) is -0.612. The van der Waals surface area contributed by atoms with Gasteiger partial charge in [-0.05, 0) is 49.4 Å².